The van der Waals surface area contributed by atoms with E-state index in [0.29, 0.717) is 0 Å². The lowest BCUT2D eigenvalue weighted by molar-refractivity contribution is 0.179. The molecule has 1 saturated heterocycles. The highest BCUT2D eigenvalue weighted by atomic mass is 15.1. The lowest BCUT2D eigenvalue weighted by atomic mass is 9.93. The lowest BCUT2D eigenvalue weighted by Crippen LogP contribution is -2.40. The van der Waals surface area contributed by atoms with Crippen molar-refractivity contribution in [3.63, 3.8) is 0 Å². The molecule has 17 heavy (non-hydrogen) atoms. The molecule has 1 fully saturated rings. The number of allylic oxidation sites excluding steroid dienone is 2. The van der Waals surface area contributed by atoms with E-state index in [4.69, 9.17) is 0 Å². The van der Waals surface area contributed by atoms with Gasteiger partial charge in [-0.25, -0.2) is 0 Å². The van der Waals surface area contributed by atoms with Crippen LogP contribution in [0.3, 0.4) is 0 Å². The van der Waals surface area contributed by atoms with E-state index in [1.54, 1.807) is 0 Å². The van der Waals surface area contributed by atoms with Crippen molar-refractivity contribution in [2.24, 2.45) is 11.8 Å². The molecule has 1 aliphatic carbocycles. The molecule has 1 heterocycles. The molecule has 1 N–H and O–H groups in total. The summed E-state index contributed by atoms with van der Waals surface area (Å²) in [6.07, 6.45) is 11.5. The maximum Gasteiger partial charge on any atom is 0.00217 e. The Labute approximate surface area is 106 Å². The fourth-order valence-corrected chi connectivity index (χ4v) is 3.14. The SMILES string of the molecule is CCN1CCC[C@@H](CNC[C@H]2CC=CCC2)C1. The molecule has 0 aromatic heterocycles. The predicted octanol–water partition coefficient (Wildman–Crippen LogP) is 2.66. The number of rotatable bonds is 5. The summed E-state index contributed by atoms with van der Waals surface area (Å²) in [4.78, 5) is 2.60. The van der Waals surface area contributed by atoms with Gasteiger partial charge in [0.1, 0.15) is 0 Å². The molecule has 0 aromatic carbocycles. The van der Waals surface area contributed by atoms with Gasteiger partial charge in [-0.15, -0.1) is 0 Å². The van der Waals surface area contributed by atoms with E-state index >= 15 is 0 Å². The molecule has 0 unspecified atom stereocenters. The Hall–Kier alpha value is -0.340. The van der Waals surface area contributed by atoms with E-state index in [1.807, 2.05) is 0 Å². The number of nitrogens with one attached hydrogen (secondary N) is 1. The van der Waals surface area contributed by atoms with Crippen LogP contribution in [0.2, 0.25) is 0 Å². The number of piperidine rings is 1. The molecule has 0 bridgehead atoms. The third-order valence-corrected chi connectivity index (χ3v) is 4.29. The Morgan fingerprint density at radius 1 is 1.18 bits per heavy atom. The first-order chi connectivity index (χ1) is 8.38. The van der Waals surface area contributed by atoms with Gasteiger partial charge in [-0.2, -0.15) is 0 Å². The largest absolute Gasteiger partial charge is 0.316 e. The number of hydrogen-bond donors (Lipinski definition) is 1. The van der Waals surface area contributed by atoms with Crippen molar-refractivity contribution in [2.45, 2.75) is 39.0 Å². The van der Waals surface area contributed by atoms with Crippen LogP contribution in [-0.4, -0.2) is 37.6 Å². The predicted molar refractivity (Wildman–Crippen MR) is 74.2 cm³/mol. The summed E-state index contributed by atoms with van der Waals surface area (Å²) in [7, 11) is 0. The van der Waals surface area contributed by atoms with Crippen LogP contribution in [0.25, 0.3) is 0 Å². The van der Waals surface area contributed by atoms with Crippen molar-refractivity contribution < 1.29 is 0 Å². The van der Waals surface area contributed by atoms with Gasteiger partial charge in [0.2, 0.25) is 0 Å². The smallest absolute Gasteiger partial charge is 0.00217 e. The molecular formula is C15H28N2. The van der Waals surface area contributed by atoms with Crippen molar-refractivity contribution in [3.8, 4) is 0 Å². The molecule has 2 aliphatic rings. The molecule has 98 valence electrons. The molecule has 0 saturated carbocycles. The zero-order valence-electron chi connectivity index (χ0n) is 11.3. The van der Waals surface area contributed by atoms with Gasteiger partial charge in [-0.3, -0.25) is 0 Å². The maximum absolute atomic E-state index is 3.71. The normalized spacial score (nSPS) is 30.6. The molecule has 0 amide bonds. The van der Waals surface area contributed by atoms with E-state index in [-0.39, 0.29) is 0 Å². The van der Waals surface area contributed by atoms with Crippen LogP contribution in [0.5, 0.6) is 0 Å². The topological polar surface area (TPSA) is 15.3 Å². The average molecular weight is 236 g/mol. The van der Waals surface area contributed by atoms with Crippen LogP contribution >= 0.6 is 0 Å². The van der Waals surface area contributed by atoms with E-state index in [2.05, 4.69) is 29.3 Å². The summed E-state index contributed by atoms with van der Waals surface area (Å²) in [5.74, 6) is 1.79. The van der Waals surface area contributed by atoms with Gasteiger partial charge >= 0.3 is 0 Å². The fraction of sp³-hybridized carbons (Fsp3) is 0.867. The lowest BCUT2D eigenvalue weighted by Gasteiger charge is -2.32. The van der Waals surface area contributed by atoms with Crippen LogP contribution in [0, 0.1) is 11.8 Å². The summed E-state index contributed by atoms with van der Waals surface area (Å²) in [5.41, 5.74) is 0. The first kappa shape index (κ1) is 13.1. The average Bonchev–Trinajstić information content (AvgIpc) is 2.40. The standard InChI is InChI=1S/C15H28N2/c1-2-17-10-6-9-15(13-17)12-16-11-14-7-4-3-5-8-14/h3-4,14-16H,2,5-13H2,1H3/t14-,15-/m0/s1. The van der Waals surface area contributed by atoms with Crippen LogP contribution < -0.4 is 5.32 Å². The molecule has 1 aliphatic heterocycles. The number of nitrogens with zero attached hydrogens (tertiary/aromatic N) is 1. The van der Waals surface area contributed by atoms with Crippen molar-refractivity contribution in [3.05, 3.63) is 12.2 Å². The van der Waals surface area contributed by atoms with Crippen LogP contribution in [0.1, 0.15) is 39.0 Å². The highest BCUT2D eigenvalue weighted by Gasteiger charge is 2.18. The summed E-state index contributed by atoms with van der Waals surface area (Å²) >= 11 is 0. The second-order valence-corrected chi connectivity index (χ2v) is 5.71. The summed E-state index contributed by atoms with van der Waals surface area (Å²) in [6, 6.07) is 0. The second-order valence-electron chi connectivity index (χ2n) is 5.71. The first-order valence-electron chi connectivity index (χ1n) is 7.46. The van der Waals surface area contributed by atoms with Gasteiger partial charge in [-0.05, 0) is 70.1 Å². The molecule has 2 rings (SSSR count). The van der Waals surface area contributed by atoms with Crippen LogP contribution in [0.15, 0.2) is 12.2 Å². The van der Waals surface area contributed by atoms with Gasteiger partial charge in [0, 0.05) is 6.54 Å². The molecule has 0 radical (unpaired) electrons. The Bertz CT molecular complexity index is 237. The maximum atomic E-state index is 3.71. The Kier molecular flexibility index (Phi) is 5.53. The van der Waals surface area contributed by atoms with Gasteiger partial charge in [0.25, 0.3) is 0 Å². The van der Waals surface area contributed by atoms with Crippen LogP contribution in [0.4, 0.5) is 0 Å². The molecule has 2 heteroatoms. The van der Waals surface area contributed by atoms with Crippen molar-refractivity contribution in [1.29, 1.82) is 0 Å². The Morgan fingerprint density at radius 3 is 2.82 bits per heavy atom. The van der Waals surface area contributed by atoms with Gasteiger partial charge in [-0.1, -0.05) is 19.1 Å². The van der Waals surface area contributed by atoms with E-state index < -0.39 is 0 Å². The number of hydrogen-bond acceptors (Lipinski definition) is 2. The molecule has 2 atom stereocenters. The monoisotopic (exact) mass is 236 g/mol. The fourth-order valence-electron chi connectivity index (χ4n) is 3.14. The van der Waals surface area contributed by atoms with Crippen molar-refractivity contribution in [1.82, 2.24) is 10.2 Å². The van der Waals surface area contributed by atoms with Crippen LogP contribution in [-0.2, 0) is 0 Å². The highest BCUT2D eigenvalue weighted by Crippen LogP contribution is 2.18. The van der Waals surface area contributed by atoms with E-state index in [9.17, 15) is 0 Å². The molecular weight excluding hydrogens is 208 g/mol. The summed E-state index contributed by atoms with van der Waals surface area (Å²) < 4.78 is 0. The van der Waals surface area contributed by atoms with Crippen molar-refractivity contribution >= 4 is 0 Å². The highest BCUT2D eigenvalue weighted by molar-refractivity contribution is 4.90. The van der Waals surface area contributed by atoms with Gasteiger partial charge in [0.15, 0.2) is 0 Å². The third kappa shape index (κ3) is 4.44. The minimum Gasteiger partial charge on any atom is -0.316 e. The first-order valence-corrected chi connectivity index (χ1v) is 7.46. The van der Waals surface area contributed by atoms with Crippen molar-refractivity contribution in [2.75, 3.05) is 32.7 Å². The summed E-state index contributed by atoms with van der Waals surface area (Å²) in [5, 5.41) is 3.71. The third-order valence-electron chi connectivity index (χ3n) is 4.29. The second kappa shape index (κ2) is 7.17. The number of likely N-dealkylation sites (tertiary alicyclic amines) is 1. The van der Waals surface area contributed by atoms with E-state index in [1.165, 1.54) is 64.8 Å². The minimum atomic E-state index is 0.892. The van der Waals surface area contributed by atoms with Gasteiger partial charge < -0.3 is 10.2 Å². The Morgan fingerprint density at radius 2 is 2.06 bits per heavy atom. The molecule has 2 nitrogen and oxygen atoms in total. The zero-order valence-corrected chi connectivity index (χ0v) is 11.3. The molecule has 0 spiro atoms. The molecule has 0 aromatic rings. The zero-order chi connectivity index (χ0) is 11.9. The van der Waals surface area contributed by atoms with E-state index in [0.717, 1.165) is 11.8 Å². The quantitative estimate of drug-likeness (QED) is 0.738. The summed E-state index contributed by atoms with van der Waals surface area (Å²) in [6.45, 7) is 8.60. The van der Waals surface area contributed by atoms with Gasteiger partial charge in [0.05, 0.1) is 0 Å². The Balaban J connectivity index is 1.59. The minimum absolute atomic E-state index is 0.892.